The maximum absolute atomic E-state index is 12.6. The van der Waals surface area contributed by atoms with Gasteiger partial charge in [0.25, 0.3) is 5.56 Å². The molecule has 0 aliphatic heterocycles. The van der Waals surface area contributed by atoms with Gasteiger partial charge in [0.1, 0.15) is 0 Å². The Morgan fingerprint density at radius 1 is 1.14 bits per heavy atom. The molecule has 8 nitrogen and oxygen atoms in total. The van der Waals surface area contributed by atoms with Crippen LogP contribution in [0.25, 0.3) is 11.2 Å². The number of hydrogen-bond donors (Lipinski definition) is 0. The van der Waals surface area contributed by atoms with Gasteiger partial charge in [-0.3, -0.25) is 18.7 Å². The standard InChI is InChI=1S/C20H25N5O3/c1-14(15-9-6-5-7-10-15)22(2)16(26)11-8-12-25-13-21-18-17(25)19(27)24(4)20(28)23(18)3/h5-7,9-10,13-14H,8,11-12H2,1-4H3/t14-/m0/s1. The van der Waals surface area contributed by atoms with Crippen molar-refractivity contribution in [2.75, 3.05) is 7.05 Å². The molecule has 0 bridgehead atoms. The van der Waals surface area contributed by atoms with Crippen LogP contribution in [0.2, 0.25) is 0 Å². The zero-order valence-corrected chi connectivity index (χ0v) is 16.6. The number of carbonyl (C=O) groups is 1. The summed E-state index contributed by atoms with van der Waals surface area (Å²) in [5.74, 6) is 0.0427. The van der Waals surface area contributed by atoms with E-state index in [9.17, 15) is 14.4 Å². The number of hydrogen-bond acceptors (Lipinski definition) is 4. The highest BCUT2D eigenvalue weighted by atomic mass is 16.2. The summed E-state index contributed by atoms with van der Waals surface area (Å²) in [6.07, 6.45) is 2.48. The fourth-order valence-electron chi connectivity index (χ4n) is 3.31. The van der Waals surface area contributed by atoms with Gasteiger partial charge in [0.15, 0.2) is 11.2 Å². The fourth-order valence-corrected chi connectivity index (χ4v) is 3.31. The molecule has 0 radical (unpaired) electrons. The number of nitrogens with zero attached hydrogens (tertiary/aromatic N) is 5. The molecule has 1 amide bonds. The molecular formula is C20H25N5O3. The first-order chi connectivity index (χ1) is 13.3. The molecule has 2 heterocycles. The summed E-state index contributed by atoms with van der Waals surface area (Å²) in [4.78, 5) is 42.9. The molecule has 0 fully saturated rings. The molecule has 8 heteroatoms. The molecule has 0 saturated heterocycles. The molecule has 0 spiro atoms. The van der Waals surface area contributed by atoms with Gasteiger partial charge in [-0.2, -0.15) is 0 Å². The number of benzene rings is 1. The van der Waals surface area contributed by atoms with Crippen molar-refractivity contribution in [2.24, 2.45) is 14.1 Å². The molecule has 0 aliphatic rings. The number of imidazole rings is 1. The third kappa shape index (κ3) is 3.49. The second-order valence-electron chi connectivity index (χ2n) is 7.01. The van der Waals surface area contributed by atoms with Crippen molar-refractivity contribution in [3.63, 3.8) is 0 Å². The van der Waals surface area contributed by atoms with Gasteiger partial charge in [0.05, 0.1) is 12.4 Å². The molecule has 0 N–H and O–H groups in total. The Hall–Kier alpha value is -3.16. The number of fused-ring (bicyclic) bond motifs is 1. The van der Waals surface area contributed by atoms with Gasteiger partial charge in [0, 0.05) is 34.1 Å². The highest BCUT2D eigenvalue weighted by molar-refractivity contribution is 5.76. The van der Waals surface area contributed by atoms with Crippen LogP contribution in [-0.2, 0) is 25.4 Å². The van der Waals surface area contributed by atoms with Crippen molar-refractivity contribution in [3.8, 4) is 0 Å². The Labute approximate surface area is 162 Å². The molecule has 1 aromatic carbocycles. The Bertz CT molecular complexity index is 1110. The second kappa shape index (κ2) is 7.84. The van der Waals surface area contributed by atoms with Crippen LogP contribution in [0.5, 0.6) is 0 Å². The van der Waals surface area contributed by atoms with E-state index in [2.05, 4.69) is 4.98 Å². The normalized spacial score (nSPS) is 12.3. The zero-order valence-electron chi connectivity index (χ0n) is 16.6. The van der Waals surface area contributed by atoms with Crippen LogP contribution in [0.1, 0.15) is 31.4 Å². The highest BCUT2D eigenvalue weighted by Gasteiger charge is 2.18. The molecule has 0 unspecified atom stereocenters. The smallest absolute Gasteiger partial charge is 0.332 e. The van der Waals surface area contributed by atoms with Crippen LogP contribution in [0.3, 0.4) is 0 Å². The number of aromatic nitrogens is 4. The van der Waals surface area contributed by atoms with Crippen LogP contribution in [0.4, 0.5) is 0 Å². The van der Waals surface area contributed by atoms with Crippen molar-refractivity contribution >= 4 is 17.1 Å². The Kier molecular flexibility index (Phi) is 5.48. The van der Waals surface area contributed by atoms with E-state index in [1.807, 2.05) is 37.3 Å². The summed E-state index contributed by atoms with van der Waals surface area (Å²) < 4.78 is 4.14. The summed E-state index contributed by atoms with van der Waals surface area (Å²) in [7, 11) is 4.84. The second-order valence-corrected chi connectivity index (χ2v) is 7.01. The van der Waals surface area contributed by atoms with Gasteiger partial charge in [0.2, 0.25) is 5.91 Å². The number of aryl methyl sites for hydroxylation is 2. The maximum Gasteiger partial charge on any atom is 0.332 e. The van der Waals surface area contributed by atoms with Gasteiger partial charge in [-0.15, -0.1) is 0 Å². The Balaban J connectivity index is 1.69. The monoisotopic (exact) mass is 383 g/mol. The largest absolute Gasteiger partial charge is 0.339 e. The summed E-state index contributed by atoms with van der Waals surface area (Å²) in [6, 6.07) is 9.88. The van der Waals surface area contributed by atoms with E-state index in [1.165, 1.54) is 11.6 Å². The molecule has 0 aliphatic carbocycles. The minimum Gasteiger partial charge on any atom is -0.339 e. The van der Waals surface area contributed by atoms with Crippen molar-refractivity contribution in [1.29, 1.82) is 0 Å². The molecule has 148 valence electrons. The molecule has 2 aromatic heterocycles. The lowest BCUT2D eigenvalue weighted by Crippen LogP contribution is -2.37. The van der Waals surface area contributed by atoms with E-state index in [1.54, 1.807) is 29.9 Å². The van der Waals surface area contributed by atoms with E-state index >= 15 is 0 Å². The van der Waals surface area contributed by atoms with E-state index < -0.39 is 5.69 Å². The average Bonchev–Trinajstić information content (AvgIpc) is 3.14. The lowest BCUT2D eigenvalue weighted by Gasteiger charge is -2.25. The molecule has 0 saturated carbocycles. The zero-order chi connectivity index (χ0) is 20.4. The molecule has 3 rings (SSSR count). The quantitative estimate of drug-likeness (QED) is 0.645. The van der Waals surface area contributed by atoms with Gasteiger partial charge < -0.3 is 9.47 Å². The molecule has 28 heavy (non-hydrogen) atoms. The van der Waals surface area contributed by atoms with Crippen molar-refractivity contribution < 1.29 is 4.79 Å². The van der Waals surface area contributed by atoms with E-state index in [4.69, 9.17) is 0 Å². The van der Waals surface area contributed by atoms with Gasteiger partial charge in [-0.25, -0.2) is 9.78 Å². The van der Waals surface area contributed by atoms with Crippen LogP contribution >= 0.6 is 0 Å². The van der Waals surface area contributed by atoms with Gasteiger partial charge >= 0.3 is 5.69 Å². The maximum atomic E-state index is 12.6. The summed E-state index contributed by atoms with van der Waals surface area (Å²) in [5, 5.41) is 0. The summed E-state index contributed by atoms with van der Waals surface area (Å²) in [5.41, 5.74) is 1.03. The predicted octanol–water partition coefficient (Wildman–Crippen LogP) is 1.43. The number of carbonyl (C=O) groups excluding carboxylic acids is 1. The van der Waals surface area contributed by atoms with Crippen LogP contribution in [0, 0.1) is 0 Å². The van der Waals surface area contributed by atoms with Crippen LogP contribution in [0.15, 0.2) is 46.2 Å². The van der Waals surface area contributed by atoms with Crippen molar-refractivity contribution in [1.82, 2.24) is 23.6 Å². The Morgan fingerprint density at radius 3 is 2.50 bits per heavy atom. The predicted molar refractivity (Wildman–Crippen MR) is 107 cm³/mol. The fraction of sp³-hybridized carbons (Fsp3) is 0.400. The topological polar surface area (TPSA) is 82.1 Å². The number of rotatable bonds is 6. The SMILES string of the molecule is C[C@@H](c1ccccc1)N(C)C(=O)CCCn1cnc2c1c(=O)n(C)c(=O)n2C. The lowest BCUT2D eigenvalue weighted by molar-refractivity contribution is -0.131. The molecule has 3 aromatic rings. The average molecular weight is 383 g/mol. The first-order valence-electron chi connectivity index (χ1n) is 9.24. The summed E-state index contributed by atoms with van der Waals surface area (Å²) >= 11 is 0. The van der Waals surface area contributed by atoms with E-state index in [0.29, 0.717) is 30.6 Å². The Morgan fingerprint density at radius 2 is 1.82 bits per heavy atom. The van der Waals surface area contributed by atoms with Crippen LogP contribution in [-0.4, -0.2) is 36.5 Å². The third-order valence-electron chi connectivity index (χ3n) is 5.26. The third-order valence-corrected chi connectivity index (χ3v) is 5.26. The molecular weight excluding hydrogens is 358 g/mol. The van der Waals surface area contributed by atoms with Crippen molar-refractivity contribution in [2.45, 2.75) is 32.4 Å². The minimum atomic E-state index is -0.408. The van der Waals surface area contributed by atoms with Crippen molar-refractivity contribution in [3.05, 3.63) is 63.1 Å². The lowest BCUT2D eigenvalue weighted by atomic mass is 10.1. The molecule has 1 atom stereocenters. The van der Waals surface area contributed by atoms with Gasteiger partial charge in [-0.05, 0) is 18.9 Å². The van der Waals surface area contributed by atoms with Gasteiger partial charge in [-0.1, -0.05) is 30.3 Å². The minimum absolute atomic E-state index is 0.00964. The summed E-state index contributed by atoms with van der Waals surface area (Å²) in [6.45, 7) is 2.48. The van der Waals surface area contributed by atoms with E-state index in [-0.39, 0.29) is 17.5 Å². The first kappa shape index (κ1) is 19.6. The van der Waals surface area contributed by atoms with E-state index in [0.717, 1.165) is 10.1 Å². The first-order valence-corrected chi connectivity index (χ1v) is 9.24. The highest BCUT2D eigenvalue weighted by Crippen LogP contribution is 2.19. The number of amides is 1. The van der Waals surface area contributed by atoms with Crippen LogP contribution < -0.4 is 11.2 Å².